The van der Waals surface area contributed by atoms with E-state index < -0.39 is 0 Å². The first-order valence-corrected chi connectivity index (χ1v) is 9.07. The molecule has 1 atom stereocenters. The van der Waals surface area contributed by atoms with E-state index in [0.717, 1.165) is 6.04 Å². The van der Waals surface area contributed by atoms with Gasteiger partial charge in [0.2, 0.25) is 0 Å². The van der Waals surface area contributed by atoms with Gasteiger partial charge in [0, 0.05) is 24.3 Å². The van der Waals surface area contributed by atoms with Crippen molar-refractivity contribution in [1.82, 2.24) is 0 Å². The molecular weight excluding hydrogens is 280 g/mol. The van der Waals surface area contributed by atoms with E-state index in [2.05, 4.69) is 72.9 Å². The molecule has 2 heteroatoms. The number of nitrogens with one attached hydrogen (secondary N) is 1. The molecule has 1 heterocycles. The van der Waals surface area contributed by atoms with Gasteiger partial charge in [-0.3, -0.25) is 0 Å². The highest BCUT2D eigenvalue weighted by molar-refractivity contribution is 5.18. The number of quaternary nitrogens is 2. The van der Waals surface area contributed by atoms with E-state index in [1.165, 1.54) is 50.1 Å². The third kappa shape index (κ3) is 4.92. The van der Waals surface area contributed by atoms with Gasteiger partial charge in [0.05, 0.1) is 25.7 Å². The normalized spacial score (nSPS) is 22.7. The molecule has 0 aliphatic carbocycles. The molecule has 3 rings (SSSR count). The quantitative estimate of drug-likeness (QED) is 0.809. The lowest BCUT2D eigenvalue weighted by atomic mass is 9.99. The molecule has 0 amide bonds. The Kier molecular flexibility index (Phi) is 5.84. The fraction of sp³-hybridized carbons (Fsp3) is 0.429. The molecule has 0 unspecified atom stereocenters. The SMILES string of the molecule is C[C@@H](C[NH2+]C1CC[NH+](Cc2ccccc2)CC1)c1ccccc1. The van der Waals surface area contributed by atoms with Crippen molar-refractivity contribution < 1.29 is 10.2 Å². The lowest BCUT2D eigenvalue weighted by molar-refractivity contribution is -0.926. The first-order chi connectivity index (χ1) is 11.3. The molecule has 2 aromatic carbocycles. The van der Waals surface area contributed by atoms with Gasteiger partial charge in [-0.2, -0.15) is 0 Å². The van der Waals surface area contributed by atoms with Crippen LogP contribution in [0.15, 0.2) is 60.7 Å². The molecular formula is C21H30N2+2. The summed E-state index contributed by atoms with van der Waals surface area (Å²) in [4.78, 5) is 1.75. The van der Waals surface area contributed by atoms with Crippen LogP contribution in [0.2, 0.25) is 0 Å². The van der Waals surface area contributed by atoms with Gasteiger partial charge in [-0.15, -0.1) is 0 Å². The first-order valence-electron chi connectivity index (χ1n) is 9.07. The van der Waals surface area contributed by atoms with Crippen molar-refractivity contribution in [3.05, 3.63) is 71.8 Å². The minimum absolute atomic E-state index is 0.644. The van der Waals surface area contributed by atoms with E-state index in [9.17, 15) is 0 Å². The Labute approximate surface area is 140 Å². The Bertz CT molecular complexity index is 559. The minimum atomic E-state index is 0.644. The summed E-state index contributed by atoms with van der Waals surface area (Å²) >= 11 is 0. The van der Waals surface area contributed by atoms with Crippen LogP contribution >= 0.6 is 0 Å². The molecule has 0 radical (unpaired) electrons. The second kappa shape index (κ2) is 8.28. The molecule has 2 nitrogen and oxygen atoms in total. The standard InChI is InChI=1S/C21H28N2/c1-18(20-10-6-3-7-11-20)16-22-21-12-14-23(15-13-21)17-19-8-4-2-5-9-19/h2-11,18,21-22H,12-17H2,1H3/p+2/t18-/m0/s1. The summed E-state index contributed by atoms with van der Waals surface area (Å²) in [5, 5.41) is 2.59. The number of likely N-dealkylation sites (tertiary alicyclic amines) is 1. The fourth-order valence-electron chi connectivity index (χ4n) is 3.66. The van der Waals surface area contributed by atoms with E-state index in [1.54, 1.807) is 4.90 Å². The van der Waals surface area contributed by atoms with Crippen LogP contribution in [0.4, 0.5) is 0 Å². The zero-order valence-corrected chi connectivity index (χ0v) is 14.2. The number of hydrogen-bond acceptors (Lipinski definition) is 0. The summed E-state index contributed by atoms with van der Waals surface area (Å²) in [7, 11) is 0. The lowest BCUT2D eigenvalue weighted by Gasteiger charge is -2.28. The molecule has 1 aliphatic rings. The van der Waals surface area contributed by atoms with Crippen molar-refractivity contribution in [2.75, 3.05) is 19.6 Å². The van der Waals surface area contributed by atoms with Gasteiger partial charge in [-0.05, 0) is 5.56 Å². The van der Waals surface area contributed by atoms with Crippen LogP contribution in [-0.2, 0) is 6.54 Å². The van der Waals surface area contributed by atoms with Crippen LogP contribution in [0.3, 0.4) is 0 Å². The number of nitrogens with two attached hydrogens (primary N) is 1. The molecule has 0 bridgehead atoms. The molecule has 0 saturated carbocycles. The van der Waals surface area contributed by atoms with Gasteiger partial charge in [0.15, 0.2) is 0 Å². The Balaban J connectivity index is 1.39. The zero-order chi connectivity index (χ0) is 15.9. The zero-order valence-electron chi connectivity index (χ0n) is 14.2. The molecule has 3 N–H and O–H groups in total. The molecule has 0 aromatic heterocycles. The second-order valence-electron chi connectivity index (χ2n) is 7.03. The maximum atomic E-state index is 2.59. The van der Waals surface area contributed by atoms with Crippen molar-refractivity contribution in [2.24, 2.45) is 0 Å². The van der Waals surface area contributed by atoms with Crippen molar-refractivity contribution in [1.29, 1.82) is 0 Å². The fourth-order valence-corrected chi connectivity index (χ4v) is 3.66. The highest BCUT2D eigenvalue weighted by Gasteiger charge is 2.24. The highest BCUT2D eigenvalue weighted by Crippen LogP contribution is 2.12. The maximum absolute atomic E-state index is 2.59. The number of piperidine rings is 1. The van der Waals surface area contributed by atoms with E-state index in [0.29, 0.717) is 5.92 Å². The van der Waals surface area contributed by atoms with Crippen LogP contribution in [0.5, 0.6) is 0 Å². The van der Waals surface area contributed by atoms with Gasteiger partial charge in [-0.25, -0.2) is 0 Å². The van der Waals surface area contributed by atoms with Gasteiger partial charge < -0.3 is 10.2 Å². The van der Waals surface area contributed by atoms with Gasteiger partial charge in [-0.1, -0.05) is 67.6 Å². The molecule has 0 spiro atoms. The summed E-state index contributed by atoms with van der Waals surface area (Å²) in [6, 6.07) is 22.7. The van der Waals surface area contributed by atoms with Gasteiger partial charge >= 0.3 is 0 Å². The average molecular weight is 310 g/mol. The van der Waals surface area contributed by atoms with E-state index in [1.807, 2.05) is 0 Å². The third-order valence-electron chi connectivity index (χ3n) is 5.23. The highest BCUT2D eigenvalue weighted by atomic mass is 15.1. The van der Waals surface area contributed by atoms with E-state index >= 15 is 0 Å². The number of rotatable bonds is 6. The molecule has 1 fully saturated rings. The smallest absolute Gasteiger partial charge is 0.103 e. The Morgan fingerprint density at radius 1 is 0.957 bits per heavy atom. The van der Waals surface area contributed by atoms with Gasteiger partial charge in [0.1, 0.15) is 6.54 Å². The van der Waals surface area contributed by atoms with Crippen molar-refractivity contribution in [2.45, 2.75) is 38.3 Å². The van der Waals surface area contributed by atoms with Gasteiger partial charge in [0.25, 0.3) is 0 Å². The summed E-state index contributed by atoms with van der Waals surface area (Å²) in [5.74, 6) is 0.644. The topological polar surface area (TPSA) is 21.1 Å². The van der Waals surface area contributed by atoms with Crippen molar-refractivity contribution in [3.63, 3.8) is 0 Å². The van der Waals surface area contributed by atoms with Crippen LogP contribution in [0.1, 0.15) is 36.8 Å². The van der Waals surface area contributed by atoms with Crippen LogP contribution in [0, 0.1) is 0 Å². The summed E-state index contributed by atoms with van der Waals surface area (Å²) in [5.41, 5.74) is 2.94. The largest absolute Gasteiger partial charge is 0.343 e. The maximum Gasteiger partial charge on any atom is 0.103 e. The molecule has 2 aromatic rings. The number of benzene rings is 2. The Morgan fingerprint density at radius 2 is 1.57 bits per heavy atom. The van der Waals surface area contributed by atoms with E-state index in [-0.39, 0.29) is 0 Å². The molecule has 23 heavy (non-hydrogen) atoms. The summed E-state index contributed by atoms with van der Waals surface area (Å²) in [6.45, 7) is 7.38. The Morgan fingerprint density at radius 3 is 2.22 bits per heavy atom. The summed E-state index contributed by atoms with van der Waals surface area (Å²) < 4.78 is 0. The summed E-state index contributed by atoms with van der Waals surface area (Å²) in [6.07, 6.45) is 2.70. The average Bonchev–Trinajstić information content (AvgIpc) is 2.62. The Hall–Kier alpha value is -1.64. The first kappa shape index (κ1) is 16.2. The predicted octanol–water partition coefficient (Wildman–Crippen LogP) is 1.60. The monoisotopic (exact) mass is 310 g/mol. The molecule has 122 valence electrons. The van der Waals surface area contributed by atoms with Crippen molar-refractivity contribution >= 4 is 0 Å². The third-order valence-corrected chi connectivity index (χ3v) is 5.23. The van der Waals surface area contributed by atoms with Crippen LogP contribution in [0.25, 0.3) is 0 Å². The van der Waals surface area contributed by atoms with Crippen LogP contribution < -0.4 is 10.2 Å². The lowest BCUT2D eigenvalue weighted by Crippen LogP contribution is -3.13. The van der Waals surface area contributed by atoms with Crippen molar-refractivity contribution in [3.8, 4) is 0 Å². The van der Waals surface area contributed by atoms with Crippen LogP contribution in [-0.4, -0.2) is 25.7 Å². The molecule has 1 aliphatic heterocycles. The number of hydrogen-bond donors (Lipinski definition) is 2. The molecule has 1 saturated heterocycles. The minimum Gasteiger partial charge on any atom is -0.343 e. The second-order valence-corrected chi connectivity index (χ2v) is 7.03. The van der Waals surface area contributed by atoms with E-state index in [4.69, 9.17) is 0 Å². The predicted molar refractivity (Wildman–Crippen MR) is 95.5 cm³/mol.